The number of likely N-dealkylation sites (N-methyl/N-ethyl adjacent to an activating group) is 1. The summed E-state index contributed by atoms with van der Waals surface area (Å²) in [4.78, 5) is 28.5. The van der Waals surface area contributed by atoms with Gasteiger partial charge in [-0.25, -0.2) is 0 Å². The zero-order valence-corrected chi connectivity index (χ0v) is 20.4. The number of benzene rings is 3. The van der Waals surface area contributed by atoms with Crippen LogP contribution in [0.1, 0.15) is 29.2 Å². The Morgan fingerprint density at radius 3 is 2.12 bits per heavy atom. The number of halogens is 2. The van der Waals surface area contributed by atoms with E-state index in [1.807, 2.05) is 68.4 Å². The highest BCUT2D eigenvalue weighted by molar-refractivity contribution is 6.36. The minimum Gasteiger partial charge on any atom is -0.355 e. The molecule has 1 atom stereocenters. The fourth-order valence-electron chi connectivity index (χ4n) is 3.69. The Morgan fingerprint density at radius 2 is 1.52 bits per heavy atom. The minimum atomic E-state index is -0.678. The van der Waals surface area contributed by atoms with Gasteiger partial charge in [0.1, 0.15) is 6.04 Å². The van der Waals surface area contributed by atoms with E-state index in [0.29, 0.717) is 35.1 Å². The number of hydrogen-bond donors (Lipinski definition) is 1. The maximum atomic E-state index is 13.7. The predicted molar refractivity (Wildman–Crippen MR) is 135 cm³/mol. The van der Waals surface area contributed by atoms with Crippen molar-refractivity contribution in [1.82, 2.24) is 10.2 Å². The summed E-state index contributed by atoms with van der Waals surface area (Å²) in [6, 6.07) is 22.2. The van der Waals surface area contributed by atoms with Gasteiger partial charge in [0.05, 0.1) is 6.42 Å². The number of aryl methyl sites for hydroxylation is 1. The van der Waals surface area contributed by atoms with Crippen LogP contribution in [0.25, 0.3) is 0 Å². The van der Waals surface area contributed by atoms with E-state index in [2.05, 4.69) is 5.32 Å². The Kier molecular flexibility index (Phi) is 8.93. The topological polar surface area (TPSA) is 49.4 Å². The van der Waals surface area contributed by atoms with Gasteiger partial charge >= 0.3 is 0 Å². The van der Waals surface area contributed by atoms with Crippen LogP contribution in [-0.2, 0) is 29.0 Å². The number of rotatable bonds is 9. The SMILES string of the molecule is CCNC(=O)[C@@H](Cc1ccccc1)N(Cc1ccc(C)cc1)C(=O)Cc1c(Cl)cccc1Cl. The molecular weight excluding hydrogens is 455 g/mol. The van der Waals surface area contributed by atoms with E-state index in [1.165, 1.54) is 0 Å². The van der Waals surface area contributed by atoms with Crippen molar-refractivity contribution in [3.8, 4) is 0 Å². The minimum absolute atomic E-state index is 0.00899. The normalized spacial score (nSPS) is 11.6. The molecule has 3 rings (SSSR count). The molecule has 6 heteroatoms. The molecule has 0 aromatic heterocycles. The highest BCUT2D eigenvalue weighted by Gasteiger charge is 2.30. The van der Waals surface area contributed by atoms with Crippen LogP contribution >= 0.6 is 23.2 Å². The largest absolute Gasteiger partial charge is 0.355 e. The molecule has 4 nitrogen and oxygen atoms in total. The lowest BCUT2D eigenvalue weighted by molar-refractivity contribution is -0.140. The second kappa shape index (κ2) is 11.9. The van der Waals surface area contributed by atoms with Crippen molar-refractivity contribution in [1.29, 1.82) is 0 Å². The number of carbonyl (C=O) groups is 2. The molecule has 3 aromatic carbocycles. The van der Waals surface area contributed by atoms with Gasteiger partial charge < -0.3 is 10.2 Å². The van der Waals surface area contributed by atoms with Crippen LogP contribution in [0.4, 0.5) is 0 Å². The molecule has 172 valence electrons. The molecule has 0 unspecified atom stereocenters. The summed E-state index contributed by atoms with van der Waals surface area (Å²) in [7, 11) is 0. The number of amides is 2. The van der Waals surface area contributed by atoms with Crippen molar-refractivity contribution < 1.29 is 9.59 Å². The quantitative estimate of drug-likeness (QED) is 0.430. The van der Waals surface area contributed by atoms with Gasteiger partial charge in [-0.1, -0.05) is 89.4 Å². The number of hydrogen-bond acceptors (Lipinski definition) is 2. The third kappa shape index (κ3) is 6.83. The molecule has 0 saturated heterocycles. The van der Waals surface area contributed by atoms with Crippen LogP contribution in [0.2, 0.25) is 10.0 Å². The maximum absolute atomic E-state index is 13.7. The van der Waals surface area contributed by atoms with Gasteiger partial charge in [-0.15, -0.1) is 0 Å². The van der Waals surface area contributed by atoms with Gasteiger partial charge in [-0.05, 0) is 42.7 Å². The Bertz CT molecular complexity index is 1060. The Hall–Kier alpha value is -2.82. The van der Waals surface area contributed by atoms with Crippen LogP contribution in [0, 0.1) is 6.92 Å². The molecule has 0 fully saturated rings. The van der Waals surface area contributed by atoms with Crippen molar-refractivity contribution in [2.45, 2.75) is 39.3 Å². The zero-order chi connectivity index (χ0) is 23.8. The first-order chi connectivity index (χ1) is 15.9. The summed E-state index contributed by atoms with van der Waals surface area (Å²) in [6.07, 6.45) is 0.412. The average molecular weight is 483 g/mol. The van der Waals surface area contributed by atoms with Gasteiger partial charge in [0.15, 0.2) is 0 Å². The molecule has 0 aliphatic carbocycles. The van der Waals surface area contributed by atoms with Crippen molar-refractivity contribution in [3.63, 3.8) is 0 Å². The molecule has 2 amide bonds. The number of nitrogens with one attached hydrogen (secondary N) is 1. The first kappa shape index (κ1) is 24.8. The van der Waals surface area contributed by atoms with Crippen LogP contribution in [0.3, 0.4) is 0 Å². The van der Waals surface area contributed by atoms with E-state index in [0.717, 1.165) is 16.7 Å². The van der Waals surface area contributed by atoms with Gasteiger partial charge in [0.2, 0.25) is 11.8 Å². The molecule has 3 aromatic rings. The van der Waals surface area contributed by atoms with Crippen LogP contribution in [0.5, 0.6) is 0 Å². The standard InChI is InChI=1S/C27H28Cl2N2O2/c1-3-30-27(33)25(16-20-8-5-4-6-9-20)31(18-21-14-12-19(2)13-15-21)26(32)17-22-23(28)10-7-11-24(22)29/h4-15,25H,3,16-18H2,1-2H3,(H,30,33)/t25-/m1/s1. The fourth-order valence-corrected chi connectivity index (χ4v) is 4.22. The summed E-state index contributed by atoms with van der Waals surface area (Å²) >= 11 is 12.7. The smallest absolute Gasteiger partial charge is 0.243 e. The van der Waals surface area contributed by atoms with Gasteiger partial charge in [-0.2, -0.15) is 0 Å². The van der Waals surface area contributed by atoms with E-state index in [-0.39, 0.29) is 18.2 Å². The molecule has 1 N–H and O–H groups in total. The highest BCUT2D eigenvalue weighted by atomic mass is 35.5. The lowest BCUT2D eigenvalue weighted by atomic mass is 10.0. The van der Waals surface area contributed by atoms with Crippen LogP contribution in [-0.4, -0.2) is 29.3 Å². The Balaban J connectivity index is 1.98. The maximum Gasteiger partial charge on any atom is 0.243 e. The molecule has 0 bridgehead atoms. The molecule has 0 radical (unpaired) electrons. The summed E-state index contributed by atoms with van der Waals surface area (Å²) in [6.45, 7) is 4.66. The Labute approximate surface area is 205 Å². The van der Waals surface area contributed by atoms with Crippen molar-refractivity contribution >= 4 is 35.0 Å². The van der Waals surface area contributed by atoms with Crippen molar-refractivity contribution in [2.24, 2.45) is 0 Å². The first-order valence-corrected chi connectivity index (χ1v) is 11.7. The highest BCUT2D eigenvalue weighted by Crippen LogP contribution is 2.26. The molecule has 0 aliphatic heterocycles. The van der Waals surface area contributed by atoms with Crippen LogP contribution in [0.15, 0.2) is 72.8 Å². The van der Waals surface area contributed by atoms with Gasteiger partial charge in [0, 0.05) is 29.6 Å². The van der Waals surface area contributed by atoms with Crippen molar-refractivity contribution in [3.05, 3.63) is 105 Å². The Morgan fingerprint density at radius 1 is 0.879 bits per heavy atom. The second-order valence-electron chi connectivity index (χ2n) is 7.98. The predicted octanol–water partition coefficient (Wildman–Crippen LogP) is 5.62. The van der Waals surface area contributed by atoms with E-state index in [4.69, 9.17) is 23.2 Å². The van der Waals surface area contributed by atoms with E-state index in [9.17, 15) is 9.59 Å². The number of nitrogens with zero attached hydrogens (tertiary/aromatic N) is 1. The average Bonchev–Trinajstić information content (AvgIpc) is 2.80. The lowest BCUT2D eigenvalue weighted by Crippen LogP contribution is -2.51. The van der Waals surface area contributed by atoms with Gasteiger partial charge in [0.25, 0.3) is 0 Å². The third-order valence-corrected chi connectivity index (χ3v) is 6.19. The molecule has 0 heterocycles. The summed E-state index contributed by atoms with van der Waals surface area (Å²) in [5.41, 5.74) is 3.62. The first-order valence-electron chi connectivity index (χ1n) is 11.0. The van der Waals surface area contributed by atoms with Crippen molar-refractivity contribution in [2.75, 3.05) is 6.54 Å². The fraction of sp³-hybridized carbons (Fsp3) is 0.259. The third-order valence-electron chi connectivity index (χ3n) is 5.49. The lowest BCUT2D eigenvalue weighted by Gasteiger charge is -2.32. The van der Waals surface area contributed by atoms with Crippen LogP contribution < -0.4 is 5.32 Å². The zero-order valence-electron chi connectivity index (χ0n) is 18.9. The number of carbonyl (C=O) groups excluding carboxylic acids is 2. The summed E-state index contributed by atoms with van der Waals surface area (Å²) in [5, 5.41) is 3.77. The molecule has 33 heavy (non-hydrogen) atoms. The van der Waals surface area contributed by atoms with E-state index in [1.54, 1.807) is 23.1 Å². The molecule has 0 saturated carbocycles. The van der Waals surface area contributed by atoms with E-state index < -0.39 is 6.04 Å². The summed E-state index contributed by atoms with van der Waals surface area (Å²) < 4.78 is 0. The van der Waals surface area contributed by atoms with E-state index >= 15 is 0 Å². The molecular formula is C27H28Cl2N2O2. The monoisotopic (exact) mass is 482 g/mol. The second-order valence-corrected chi connectivity index (χ2v) is 8.80. The summed E-state index contributed by atoms with van der Waals surface area (Å²) in [5.74, 6) is -0.398. The molecule has 0 spiro atoms. The van der Waals surface area contributed by atoms with Gasteiger partial charge in [-0.3, -0.25) is 9.59 Å². The molecule has 0 aliphatic rings.